The van der Waals surface area contributed by atoms with Crippen LogP contribution in [-0.4, -0.2) is 32.5 Å². The highest BCUT2D eigenvalue weighted by Gasteiger charge is 2.13. The van der Waals surface area contributed by atoms with Crippen molar-refractivity contribution in [2.24, 2.45) is 0 Å². The molecule has 0 aromatic heterocycles. The highest BCUT2D eigenvalue weighted by atomic mass is 16.5. The lowest BCUT2D eigenvalue weighted by atomic mass is 10.2. The predicted octanol–water partition coefficient (Wildman–Crippen LogP) is 2.36. The summed E-state index contributed by atoms with van der Waals surface area (Å²) in [5.74, 6) is 1.74. The summed E-state index contributed by atoms with van der Waals surface area (Å²) >= 11 is 0. The Morgan fingerprint density at radius 1 is 1.26 bits per heavy atom. The molecule has 1 N–H and O–H groups in total. The smallest absolute Gasteiger partial charge is 0.165 e. The molecule has 1 aliphatic heterocycles. The van der Waals surface area contributed by atoms with Gasteiger partial charge in [-0.05, 0) is 19.9 Å². The van der Waals surface area contributed by atoms with Crippen molar-refractivity contribution < 1.29 is 14.2 Å². The van der Waals surface area contributed by atoms with Crippen molar-refractivity contribution in [3.63, 3.8) is 0 Å². The number of fused-ring (bicyclic) bond motifs is 1. The van der Waals surface area contributed by atoms with Gasteiger partial charge in [-0.3, -0.25) is 0 Å². The molecule has 0 saturated heterocycles. The summed E-state index contributed by atoms with van der Waals surface area (Å²) in [6, 6.07) is 6.05. The Morgan fingerprint density at radius 3 is 2.95 bits per heavy atom. The minimum Gasteiger partial charge on any atom is -0.490 e. The van der Waals surface area contributed by atoms with Crippen molar-refractivity contribution in [1.82, 2.24) is 5.32 Å². The van der Waals surface area contributed by atoms with E-state index >= 15 is 0 Å². The maximum atomic E-state index is 5.78. The first-order valence-electron chi connectivity index (χ1n) is 6.97. The van der Waals surface area contributed by atoms with E-state index < -0.39 is 0 Å². The number of para-hydroxylation sites is 1. The molecule has 1 aliphatic rings. The monoisotopic (exact) mass is 265 g/mol. The second kappa shape index (κ2) is 7.36. The zero-order valence-corrected chi connectivity index (χ0v) is 11.8. The molecule has 0 radical (unpaired) electrons. The fraction of sp³-hybridized carbons (Fsp3) is 0.600. The molecule has 0 saturated carbocycles. The molecule has 2 rings (SSSR count). The first-order chi connectivity index (χ1) is 9.27. The van der Waals surface area contributed by atoms with E-state index in [1.807, 2.05) is 26.0 Å². The highest BCUT2D eigenvalue weighted by Crippen LogP contribution is 2.32. The second-order valence-electron chi connectivity index (χ2n) is 4.89. The van der Waals surface area contributed by atoms with Gasteiger partial charge in [-0.1, -0.05) is 12.1 Å². The molecule has 106 valence electrons. The van der Waals surface area contributed by atoms with Crippen LogP contribution in [0.4, 0.5) is 0 Å². The quantitative estimate of drug-likeness (QED) is 0.802. The zero-order chi connectivity index (χ0) is 13.5. The first-order valence-corrected chi connectivity index (χ1v) is 6.97. The van der Waals surface area contributed by atoms with Gasteiger partial charge in [0.25, 0.3) is 0 Å². The van der Waals surface area contributed by atoms with Gasteiger partial charge >= 0.3 is 0 Å². The Balaban J connectivity index is 1.86. The van der Waals surface area contributed by atoms with Gasteiger partial charge in [0.15, 0.2) is 11.5 Å². The van der Waals surface area contributed by atoms with Crippen molar-refractivity contribution >= 4 is 0 Å². The maximum Gasteiger partial charge on any atom is 0.165 e. The molecule has 1 aromatic carbocycles. The normalized spacial score (nSPS) is 14.5. The van der Waals surface area contributed by atoms with Crippen molar-refractivity contribution in [3.05, 3.63) is 23.8 Å². The molecule has 1 aromatic rings. The third-order valence-corrected chi connectivity index (χ3v) is 2.90. The third kappa shape index (κ3) is 4.40. The molecule has 0 bridgehead atoms. The van der Waals surface area contributed by atoms with E-state index in [0.717, 1.165) is 56.4 Å². The number of ether oxygens (including phenoxy) is 3. The van der Waals surface area contributed by atoms with E-state index in [4.69, 9.17) is 14.2 Å². The Morgan fingerprint density at radius 2 is 2.11 bits per heavy atom. The summed E-state index contributed by atoms with van der Waals surface area (Å²) in [7, 11) is 0. The Kier molecular flexibility index (Phi) is 5.48. The molecular weight excluding hydrogens is 242 g/mol. The minimum absolute atomic E-state index is 0.284. The standard InChI is InChI=1S/C15H23NO3/c1-12(2)17-10-7-16-11-13-5-3-6-14-15(13)19-9-4-8-18-14/h3,5-6,12,16H,4,7-11H2,1-2H3. The van der Waals surface area contributed by atoms with Crippen LogP contribution in [0.3, 0.4) is 0 Å². The van der Waals surface area contributed by atoms with Crippen LogP contribution in [0.15, 0.2) is 18.2 Å². The van der Waals surface area contributed by atoms with Gasteiger partial charge in [0.1, 0.15) is 0 Å². The average molecular weight is 265 g/mol. The first kappa shape index (κ1) is 14.2. The molecule has 0 fully saturated rings. The van der Waals surface area contributed by atoms with Crippen molar-refractivity contribution in [2.75, 3.05) is 26.4 Å². The molecular formula is C15H23NO3. The van der Waals surface area contributed by atoms with Gasteiger partial charge in [0, 0.05) is 25.1 Å². The summed E-state index contributed by atoms with van der Waals surface area (Å²) in [4.78, 5) is 0. The fourth-order valence-corrected chi connectivity index (χ4v) is 1.98. The number of hydrogen-bond donors (Lipinski definition) is 1. The fourth-order valence-electron chi connectivity index (χ4n) is 1.98. The van der Waals surface area contributed by atoms with Crippen LogP contribution in [0.25, 0.3) is 0 Å². The zero-order valence-electron chi connectivity index (χ0n) is 11.8. The lowest BCUT2D eigenvalue weighted by molar-refractivity contribution is 0.0806. The van der Waals surface area contributed by atoms with Gasteiger partial charge < -0.3 is 19.5 Å². The topological polar surface area (TPSA) is 39.7 Å². The predicted molar refractivity (Wildman–Crippen MR) is 74.8 cm³/mol. The van der Waals surface area contributed by atoms with Crippen LogP contribution in [-0.2, 0) is 11.3 Å². The van der Waals surface area contributed by atoms with E-state index in [2.05, 4.69) is 11.4 Å². The van der Waals surface area contributed by atoms with E-state index in [0.29, 0.717) is 0 Å². The minimum atomic E-state index is 0.284. The lowest BCUT2D eigenvalue weighted by Gasteiger charge is -2.13. The van der Waals surface area contributed by atoms with Crippen LogP contribution in [0.5, 0.6) is 11.5 Å². The molecule has 4 nitrogen and oxygen atoms in total. The average Bonchev–Trinajstić information content (AvgIpc) is 2.63. The summed E-state index contributed by atoms with van der Waals surface area (Å²) in [5.41, 5.74) is 1.14. The van der Waals surface area contributed by atoms with Gasteiger partial charge in [-0.2, -0.15) is 0 Å². The van der Waals surface area contributed by atoms with E-state index in [1.165, 1.54) is 0 Å². The SMILES string of the molecule is CC(C)OCCNCc1cccc2c1OCCCO2. The molecule has 0 amide bonds. The summed E-state index contributed by atoms with van der Waals surface area (Å²) in [6.07, 6.45) is 1.22. The Bertz CT molecular complexity index is 393. The largest absolute Gasteiger partial charge is 0.490 e. The Labute approximate surface area is 115 Å². The third-order valence-electron chi connectivity index (χ3n) is 2.90. The van der Waals surface area contributed by atoms with Crippen LogP contribution in [0.1, 0.15) is 25.8 Å². The van der Waals surface area contributed by atoms with Gasteiger partial charge in [0.05, 0.1) is 25.9 Å². The molecule has 4 heteroatoms. The maximum absolute atomic E-state index is 5.78. The number of nitrogens with one attached hydrogen (secondary N) is 1. The van der Waals surface area contributed by atoms with Gasteiger partial charge in [0.2, 0.25) is 0 Å². The number of benzene rings is 1. The van der Waals surface area contributed by atoms with Crippen LogP contribution < -0.4 is 14.8 Å². The van der Waals surface area contributed by atoms with Crippen molar-refractivity contribution in [1.29, 1.82) is 0 Å². The Hall–Kier alpha value is -1.26. The number of hydrogen-bond acceptors (Lipinski definition) is 4. The van der Waals surface area contributed by atoms with E-state index in [9.17, 15) is 0 Å². The van der Waals surface area contributed by atoms with Crippen LogP contribution in [0, 0.1) is 0 Å². The van der Waals surface area contributed by atoms with Crippen LogP contribution in [0.2, 0.25) is 0 Å². The highest BCUT2D eigenvalue weighted by molar-refractivity contribution is 5.46. The molecule has 0 unspecified atom stereocenters. The van der Waals surface area contributed by atoms with E-state index in [-0.39, 0.29) is 6.10 Å². The number of rotatable bonds is 6. The molecule has 0 aliphatic carbocycles. The summed E-state index contributed by atoms with van der Waals surface area (Å²) < 4.78 is 16.9. The van der Waals surface area contributed by atoms with Gasteiger partial charge in [-0.25, -0.2) is 0 Å². The molecule has 19 heavy (non-hydrogen) atoms. The summed E-state index contributed by atoms with van der Waals surface area (Å²) in [6.45, 7) is 7.87. The van der Waals surface area contributed by atoms with Crippen LogP contribution >= 0.6 is 0 Å². The van der Waals surface area contributed by atoms with Crippen molar-refractivity contribution in [2.45, 2.75) is 32.9 Å². The summed E-state index contributed by atoms with van der Waals surface area (Å²) in [5, 5.41) is 3.37. The second-order valence-corrected chi connectivity index (χ2v) is 4.89. The molecule has 1 heterocycles. The van der Waals surface area contributed by atoms with Crippen molar-refractivity contribution in [3.8, 4) is 11.5 Å². The molecule has 0 spiro atoms. The van der Waals surface area contributed by atoms with Gasteiger partial charge in [-0.15, -0.1) is 0 Å². The molecule has 0 atom stereocenters. The van der Waals surface area contributed by atoms with E-state index in [1.54, 1.807) is 0 Å². The lowest BCUT2D eigenvalue weighted by Crippen LogP contribution is -2.21.